The van der Waals surface area contributed by atoms with Gasteiger partial charge in [-0.25, -0.2) is 8.78 Å². The van der Waals surface area contributed by atoms with Gasteiger partial charge in [0.05, 0.1) is 13.7 Å². The predicted molar refractivity (Wildman–Crippen MR) is 113 cm³/mol. The van der Waals surface area contributed by atoms with Gasteiger partial charge in [0.25, 0.3) is 5.91 Å². The molecule has 2 aromatic carbocycles. The molecule has 0 saturated carbocycles. The Kier molecular flexibility index (Phi) is 6.09. The molecule has 2 fully saturated rings. The van der Waals surface area contributed by atoms with Crippen molar-refractivity contribution >= 4 is 5.91 Å². The molecule has 2 unspecified atom stereocenters. The van der Waals surface area contributed by atoms with E-state index >= 15 is 0 Å². The van der Waals surface area contributed by atoms with E-state index in [1.807, 2.05) is 0 Å². The zero-order chi connectivity index (χ0) is 22.9. The average molecular weight is 447 g/mol. The summed E-state index contributed by atoms with van der Waals surface area (Å²) in [6, 6.07) is 11.1. The van der Waals surface area contributed by atoms with E-state index in [2.05, 4.69) is 0 Å². The highest BCUT2D eigenvalue weighted by atomic mass is 19.1. The number of carbonyl (C=O) groups is 1. The molecule has 2 saturated heterocycles. The number of hydrogen-bond donors (Lipinski definition) is 0. The first-order valence-electron chi connectivity index (χ1n) is 10.5. The molecular weight excluding hydrogens is 420 g/mol. The number of nitrogens with zero attached hydrogens (tertiary/aromatic N) is 1. The molecule has 6 nitrogen and oxygen atoms in total. The number of methoxy groups -OCH3 is 1. The van der Waals surface area contributed by atoms with Crippen LogP contribution in [0.3, 0.4) is 0 Å². The van der Waals surface area contributed by atoms with Crippen LogP contribution < -0.4 is 9.47 Å². The fraction of sp³-hybridized carbons (Fsp3) is 0.458. The van der Waals surface area contributed by atoms with E-state index in [-0.39, 0.29) is 31.2 Å². The number of hydrogen-bond acceptors (Lipinski definition) is 5. The van der Waals surface area contributed by atoms with Gasteiger partial charge < -0.3 is 23.8 Å². The van der Waals surface area contributed by atoms with Gasteiger partial charge in [0.2, 0.25) is 0 Å². The van der Waals surface area contributed by atoms with Gasteiger partial charge in [-0.15, -0.1) is 0 Å². The third-order valence-electron chi connectivity index (χ3n) is 5.85. The van der Waals surface area contributed by atoms with Crippen molar-refractivity contribution in [1.82, 2.24) is 4.90 Å². The average Bonchev–Trinajstić information content (AvgIpc) is 3.21. The lowest BCUT2D eigenvalue weighted by Gasteiger charge is -2.42. The Morgan fingerprint density at radius 2 is 1.97 bits per heavy atom. The zero-order valence-corrected chi connectivity index (χ0v) is 18.4. The molecule has 2 aliphatic rings. The molecule has 2 atom stereocenters. The lowest BCUT2D eigenvalue weighted by Crippen LogP contribution is -2.53. The second-order valence-electron chi connectivity index (χ2n) is 8.69. The maximum absolute atomic E-state index is 13.8. The first kappa shape index (κ1) is 22.5. The summed E-state index contributed by atoms with van der Waals surface area (Å²) in [6.07, 6.45) is 0.167. The van der Waals surface area contributed by atoms with Crippen molar-refractivity contribution in [1.29, 1.82) is 0 Å². The second kappa shape index (κ2) is 8.67. The summed E-state index contributed by atoms with van der Waals surface area (Å²) in [5, 5.41) is 0. The van der Waals surface area contributed by atoms with E-state index in [1.165, 1.54) is 33.1 Å². The molecule has 2 aliphatic heterocycles. The van der Waals surface area contributed by atoms with Crippen molar-refractivity contribution in [3.05, 3.63) is 59.4 Å². The number of carbonyl (C=O) groups excluding carboxylic acids is 1. The smallest absolute Gasteiger partial charge is 0.254 e. The van der Waals surface area contributed by atoms with Crippen molar-refractivity contribution in [2.75, 3.05) is 33.6 Å². The van der Waals surface area contributed by atoms with Crippen LogP contribution in [0.1, 0.15) is 36.2 Å². The largest absolute Gasteiger partial charge is 0.493 e. The van der Waals surface area contributed by atoms with E-state index in [0.29, 0.717) is 36.6 Å². The van der Waals surface area contributed by atoms with Crippen molar-refractivity contribution in [2.45, 2.75) is 37.6 Å². The highest BCUT2D eigenvalue weighted by Crippen LogP contribution is 2.43. The van der Waals surface area contributed by atoms with Gasteiger partial charge in [0.15, 0.2) is 11.5 Å². The maximum Gasteiger partial charge on any atom is 0.254 e. The zero-order valence-electron chi connectivity index (χ0n) is 18.4. The molecule has 0 N–H and O–H groups in total. The monoisotopic (exact) mass is 447 g/mol. The number of benzene rings is 2. The van der Waals surface area contributed by atoms with Crippen LogP contribution in [-0.2, 0) is 15.1 Å². The fourth-order valence-electron chi connectivity index (χ4n) is 4.16. The Morgan fingerprint density at radius 3 is 2.66 bits per heavy atom. The summed E-state index contributed by atoms with van der Waals surface area (Å²) in [4.78, 5) is 14.9. The predicted octanol–water partition coefficient (Wildman–Crippen LogP) is 4.08. The van der Waals surface area contributed by atoms with Gasteiger partial charge in [-0.3, -0.25) is 4.79 Å². The molecule has 0 aliphatic carbocycles. The van der Waals surface area contributed by atoms with Gasteiger partial charge in [-0.1, -0.05) is 12.1 Å². The summed E-state index contributed by atoms with van der Waals surface area (Å²) < 4.78 is 49.8. The maximum atomic E-state index is 13.8. The van der Waals surface area contributed by atoms with Crippen LogP contribution in [0.15, 0.2) is 42.5 Å². The lowest BCUT2D eigenvalue weighted by atomic mass is 9.82. The van der Waals surface area contributed by atoms with Crippen LogP contribution in [0, 0.1) is 5.82 Å². The quantitative estimate of drug-likeness (QED) is 0.668. The molecular formula is C24H27F2NO5. The molecule has 0 spiro atoms. The van der Waals surface area contributed by atoms with E-state index in [0.717, 1.165) is 5.56 Å². The topological polar surface area (TPSA) is 57.2 Å². The number of halogens is 2. The first-order chi connectivity index (χ1) is 15.2. The van der Waals surface area contributed by atoms with Crippen LogP contribution in [0.4, 0.5) is 8.78 Å². The van der Waals surface area contributed by atoms with E-state index < -0.39 is 11.3 Å². The van der Waals surface area contributed by atoms with Crippen LogP contribution >= 0.6 is 0 Å². The Hall–Kier alpha value is -2.71. The van der Waals surface area contributed by atoms with E-state index in [9.17, 15) is 13.6 Å². The van der Waals surface area contributed by atoms with E-state index in [1.54, 1.807) is 35.2 Å². The summed E-state index contributed by atoms with van der Waals surface area (Å²) in [5.74, 6) is 0.239. The fourth-order valence-corrected chi connectivity index (χ4v) is 4.16. The number of likely N-dealkylation sites (tertiary alicyclic amines) is 1. The van der Waals surface area contributed by atoms with Gasteiger partial charge in [0, 0.05) is 18.5 Å². The van der Waals surface area contributed by atoms with Crippen LogP contribution in [0.5, 0.6) is 11.5 Å². The van der Waals surface area contributed by atoms with Crippen LogP contribution in [0.2, 0.25) is 0 Å². The van der Waals surface area contributed by atoms with Crippen LogP contribution in [-0.4, -0.2) is 56.2 Å². The van der Waals surface area contributed by atoms with Gasteiger partial charge >= 0.3 is 0 Å². The van der Waals surface area contributed by atoms with Crippen molar-refractivity contribution in [3.63, 3.8) is 0 Å². The summed E-state index contributed by atoms with van der Waals surface area (Å²) in [5.41, 5.74) is -0.915. The van der Waals surface area contributed by atoms with E-state index in [4.69, 9.17) is 18.9 Å². The van der Waals surface area contributed by atoms with Gasteiger partial charge in [-0.2, -0.15) is 0 Å². The molecule has 172 valence electrons. The Bertz CT molecular complexity index is 975. The molecule has 32 heavy (non-hydrogen) atoms. The Labute approximate surface area is 186 Å². The molecule has 0 aromatic heterocycles. The first-order valence-corrected chi connectivity index (χ1v) is 10.5. The number of ether oxygens (including phenoxy) is 4. The minimum absolute atomic E-state index is 0.120. The Balaban J connectivity index is 1.49. The van der Waals surface area contributed by atoms with Gasteiger partial charge in [0.1, 0.15) is 36.6 Å². The summed E-state index contributed by atoms with van der Waals surface area (Å²) >= 11 is 0. The van der Waals surface area contributed by atoms with Gasteiger partial charge in [-0.05, 0) is 49.7 Å². The summed E-state index contributed by atoms with van der Waals surface area (Å²) in [7, 11) is 1.47. The highest BCUT2D eigenvalue weighted by Gasteiger charge is 2.51. The molecule has 8 heteroatoms. The van der Waals surface area contributed by atoms with Crippen molar-refractivity contribution in [2.24, 2.45) is 0 Å². The lowest BCUT2D eigenvalue weighted by molar-refractivity contribution is -0.0439. The number of fused-ring (bicyclic) bond motifs is 1. The molecule has 1 amide bonds. The second-order valence-corrected chi connectivity index (χ2v) is 8.69. The number of alkyl halides is 1. The minimum Gasteiger partial charge on any atom is -0.493 e. The van der Waals surface area contributed by atoms with Crippen molar-refractivity contribution in [3.8, 4) is 11.5 Å². The number of amides is 1. The van der Waals surface area contributed by atoms with Crippen LogP contribution in [0.25, 0.3) is 0 Å². The molecule has 0 bridgehead atoms. The normalized spacial score (nSPS) is 23.0. The third kappa shape index (κ3) is 4.42. The number of rotatable bonds is 6. The third-order valence-corrected chi connectivity index (χ3v) is 5.85. The molecule has 4 rings (SSSR count). The molecule has 0 radical (unpaired) electrons. The molecule has 2 aromatic rings. The molecule has 2 heterocycles. The number of piperidine rings is 1. The SMILES string of the molecule is COc1cc(C(=O)N2CCC3(c4ccc(F)cc4)OCOC3C2)ccc1OCC(C)(C)F. The Morgan fingerprint density at radius 1 is 1.22 bits per heavy atom. The summed E-state index contributed by atoms with van der Waals surface area (Å²) in [6.45, 7) is 3.63. The standard InChI is InChI=1S/C24H27F2NO5/c1-23(2,26)14-30-19-9-4-16(12-20(19)29-3)22(28)27-11-10-24(21(13-27)31-15-32-24)17-5-7-18(25)8-6-17/h4-9,12,21H,10-11,13-15H2,1-3H3. The minimum atomic E-state index is -1.49. The van der Waals surface area contributed by atoms with Crippen molar-refractivity contribution < 1.29 is 32.5 Å². The highest BCUT2D eigenvalue weighted by molar-refractivity contribution is 5.95.